The first-order valence-corrected chi connectivity index (χ1v) is 6.30. The molecule has 0 radical (unpaired) electrons. The molecule has 0 spiro atoms. The smallest absolute Gasteiger partial charge is 0.327 e. The van der Waals surface area contributed by atoms with E-state index in [0.717, 1.165) is 32.4 Å². The molecule has 1 fully saturated rings. The Kier molecular flexibility index (Phi) is 6.23. The zero-order valence-corrected chi connectivity index (χ0v) is 10.4. The predicted molar refractivity (Wildman–Crippen MR) is 67.8 cm³/mol. The zero-order valence-electron chi connectivity index (χ0n) is 10.4. The molecule has 1 saturated heterocycles. The molecule has 100 valence electrons. The summed E-state index contributed by atoms with van der Waals surface area (Å²) in [5.41, 5.74) is 0. The lowest BCUT2D eigenvalue weighted by atomic mass is 9.93. The highest BCUT2D eigenvalue weighted by molar-refractivity contribution is 5.83. The Morgan fingerprint density at radius 2 is 2.11 bits per heavy atom. The van der Waals surface area contributed by atoms with E-state index in [1.54, 1.807) is 0 Å². The Morgan fingerprint density at radius 1 is 1.44 bits per heavy atom. The number of carbonyl (C=O) groups is 2. The molecule has 1 heterocycles. The molecule has 0 bridgehead atoms. The van der Waals surface area contributed by atoms with Crippen molar-refractivity contribution < 1.29 is 14.7 Å². The number of carboxylic acid groups (broad SMARTS) is 1. The van der Waals surface area contributed by atoms with Crippen LogP contribution in [0.3, 0.4) is 0 Å². The van der Waals surface area contributed by atoms with E-state index in [1.807, 2.05) is 0 Å². The molecule has 1 atom stereocenters. The van der Waals surface area contributed by atoms with Gasteiger partial charge in [-0.15, -0.1) is 12.3 Å². The van der Waals surface area contributed by atoms with Crippen molar-refractivity contribution in [2.75, 3.05) is 13.1 Å². The number of aliphatic carboxylic acids is 1. The minimum absolute atomic E-state index is 0.0222. The first kappa shape index (κ1) is 14.5. The third kappa shape index (κ3) is 5.19. The van der Waals surface area contributed by atoms with Crippen LogP contribution in [0.2, 0.25) is 0 Å². The summed E-state index contributed by atoms with van der Waals surface area (Å²) in [7, 11) is 0. The normalized spacial score (nSPS) is 17.7. The Labute approximate surface area is 107 Å². The van der Waals surface area contributed by atoms with Crippen LogP contribution in [0.15, 0.2) is 0 Å². The highest BCUT2D eigenvalue weighted by Gasteiger charge is 2.20. The molecule has 0 aromatic carbocycles. The van der Waals surface area contributed by atoms with Crippen molar-refractivity contribution in [1.29, 1.82) is 0 Å². The van der Waals surface area contributed by atoms with Crippen molar-refractivity contribution >= 4 is 11.9 Å². The maximum Gasteiger partial charge on any atom is 0.327 e. The van der Waals surface area contributed by atoms with Crippen molar-refractivity contribution in [2.24, 2.45) is 5.92 Å². The van der Waals surface area contributed by atoms with Crippen LogP contribution in [0, 0.1) is 18.3 Å². The second-order valence-corrected chi connectivity index (χ2v) is 4.60. The second-order valence-electron chi connectivity index (χ2n) is 4.60. The predicted octanol–water partition coefficient (Wildman–Crippen LogP) is 0.359. The molecular weight excluding hydrogens is 232 g/mol. The maximum absolute atomic E-state index is 11.6. The van der Waals surface area contributed by atoms with Gasteiger partial charge in [0, 0.05) is 12.8 Å². The van der Waals surface area contributed by atoms with Crippen molar-refractivity contribution in [3.05, 3.63) is 0 Å². The minimum atomic E-state index is -1.08. The molecule has 0 saturated carbocycles. The molecular formula is C13H20N2O3. The number of rotatable bonds is 6. The summed E-state index contributed by atoms with van der Waals surface area (Å²) in [5, 5.41) is 14.6. The van der Waals surface area contributed by atoms with Crippen LogP contribution in [0.1, 0.15) is 32.1 Å². The van der Waals surface area contributed by atoms with Crippen LogP contribution in [0.25, 0.3) is 0 Å². The maximum atomic E-state index is 11.6. The SMILES string of the molecule is C#CCC(NC(=O)CCC1CCNCC1)C(=O)O. The van der Waals surface area contributed by atoms with Gasteiger partial charge in [0.25, 0.3) is 0 Å². The number of hydrogen-bond donors (Lipinski definition) is 3. The number of hydrogen-bond acceptors (Lipinski definition) is 3. The van der Waals surface area contributed by atoms with E-state index < -0.39 is 12.0 Å². The molecule has 1 rings (SSSR count). The van der Waals surface area contributed by atoms with E-state index >= 15 is 0 Å². The average Bonchev–Trinajstić information content (AvgIpc) is 2.37. The van der Waals surface area contributed by atoms with Gasteiger partial charge in [0.05, 0.1) is 0 Å². The average molecular weight is 252 g/mol. The summed E-state index contributed by atoms with van der Waals surface area (Å²) in [4.78, 5) is 22.4. The fraction of sp³-hybridized carbons (Fsp3) is 0.692. The van der Waals surface area contributed by atoms with E-state index in [9.17, 15) is 9.59 Å². The highest BCUT2D eigenvalue weighted by Crippen LogP contribution is 2.17. The third-order valence-electron chi connectivity index (χ3n) is 3.19. The van der Waals surface area contributed by atoms with Gasteiger partial charge in [0.1, 0.15) is 6.04 Å². The third-order valence-corrected chi connectivity index (χ3v) is 3.19. The van der Waals surface area contributed by atoms with E-state index in [-0.39, 0.29) is 12.3 Å². The lowest BCUT2D eigenvalue weighted by Crippen LogP contribution is -2.40. The number of terminal acetylenes is 1. The van der Waals surface area contributed by atoms with Crippen LogP contribution < -0.4 is 10.6 Å². The summed E-state index contributed by atoms with van der Waals surface area (Å²) < 4.78 is 0. The van der Waals surface area contributed by atoms with Crippen LogP contribution in [-0.2, 0) is 9.59 Å². The van der Waals surface area contributed by atoms with Crippen molar-refractivity contribution in [1.82, 2.24) is 10.6 Å². The monoisotopic (exact) mass is 252 g/mol. The van der Waals surface area contributed by atoms with E-state index in [4.69, 9.17) is 11.5 Å². The standard InChI is InChI=1S/C13H20N2O3/c1-2-3-11(13(17)18)15-12(16)5-4-10-6-8-14-9-7-10/h1,10-11,14H,3-9H2,(H,15,16)(H,17,18). The largest absolute Gasteiger partial charge is 0.480 e. The van der Waals surface area contributed by atoms with E-state index in [1.165, 1.54) is 0 Å². The molecule has 5 nitrogen and oxygen atoms in total. The van der Waals surface area contributed by atoms with Crippen LogP contribution >= 0.6 is 0 Å². The highest BCUT2D eigenvalue weighted by atomic mass is 16.4. The number of nitrogens with one attached hydrogen (secondary N) is 2. The summed E-state index contributed by atoms with van der Waals surface area (Å²) in [6.07, 6.45) is 8.44. The van der Waals surface area contributed by atoms with Gasteiger partial charge < -0.3 is 15.7 Å². The van der Waals surface area contributed by atoms with E-state index in [0.29, 0.717) is 12.3 Å². The molecule has 1 aliphatic rings. The number of carboxylic acids is 1. The van der Waals surface area contributed by atoms with Crippen LogP contribution in [0.5, 0.6) is 0 Å². The van der Waals surface area contributed by atoms with Gasteiger partial charge in [-0.25, -0.2) is 4.79 Å². The quantitative estimate of drug-likeness (QED) is 0.596. The Balaban J connectivity index is 2.27. The molecule has 5 heteroatoms. The van der Waals surface area contributed by atoms with Crippen LogP contribution in [-0.4, -0.2) is 36.1 Å². The van der Waals surface area contributed by atoms with Gasteiger partial charge in [0.15, 0.2) is 0 Å². The fourth-order valence-corrected chi connectivity index (χ4v) is 2.09. The summed E-state index contributed by atoms with van der Waals surface area (Å²) in [6.45, 7) is 2.00. The van der Waals surface area contributed by atoms with Gasteiger partial charge in [-0.2, -0.15) is 0 Å². The van der Waals surface area contributed by atoms with Crippen molar-refractivity contribution in [2.45, 2.75) is 38.1 Å². The first-order valence-electron chi connectivity index (χ1n) is 6.30. The van der Waals surface area contributed by atoms with Gasteiger partial charge in [0.2, 0.25) is 5.91 Å². The van der Waals surface area contributed by atoms with E-state index in [2.05, 4.69) is 16.6 Å². The summed E-state index contributed by atoms with van der Waals surface area (Å²) in [5.74, 6) is 1.51. The number of carbonyl (C=O) groups excluding carboxylic acids is 1. The molecule has 1 amide bonds. The van der Waals surface area contributed by atoms with Gasteiger partial charge >= 0.3 is 5.97 Å². The number of piperidine rings is 1. The summed E-state index contributed by atoms with van der Waals surface area (Å²) in [6, 6.07) is -0.962. The van der Waals surface area contributed by atoms with Crippen LogP contribution in [0.4, 0.5) is 0 Å². The van der Waals surface area contributed by atoms with Crippen molar-refractivity contribution in [3.8, 4) is 12.3 Å². The van der Waals surface area contributed by atoms with Gasteiger partial charge in [-0.3, -0.25) is 4.79 Å². The Morgan fingerprint density at radius 3 is 2.67 bits per heavy atom. The molecule has 1 unspecified atom stereocenters. The number of amides is 1. The lowest BCUT2D eigenvalue weighted by molar-refractivity contribution is -0.141. The molecule has 18 heavy (non-hydrogen) atoms. The Bertz CT molecular complexity index is 330. The fourth-order valence-electron chi connectivity index (χ4n) is 2.09. The Hall–Kier alpha value is -1.54. The first-order chi connectivity index (χ1) is 8.63. The zero-order chi connectivity index (χ0) is 13.4. The second kappa shape index (κ2) is 7.72. The van der Waals surface area contributed by atoms with Gasteiger partial charge in [-0.1, -0.05) is 0 Å². The molecule has 0 aliphatic carbocycles. The van der Waals surface area contributed by atoms with Gasteiger partial charge in [-0.05, 0) is 38.3 Å². The minimum Gasteiger partial charge on any atom is -0.480 e. The lowest BCUT2D eigenvalue weighted by Gasteiger charge is -2.22. The van der Waals surface area contributed by atoms with Crippen molar-refractivity contribution in [3.63, 3.8) is 0 Å². The molecule has 0 aromatic rings. The molecule has 1 aliphatic heterocycles. The molecule has 0 aromatic heterocycles. The summed E-state index contributed by atoms with van der Waals surface area (Å²) >= 11 is 0. The topological polar surface area (TPSA) is 78.4 Å². The molecule has 3 N–H and O–H groups in total.